The molecule has 4 aromatic rings. The molecule has 4 rings (SSSR count). The van der Waals surface area contributed by atoms with Crippen LogP contribution in [0.15, 0.2) is 47.5 Å². The van der Waals surface area contributed by atoms with Crippen molar-refractivity contribution in [3.8, 4) is 0 Å². The second-order valence-electron chi connectivity index (χ2n) is 3.67. The van der Waals surface area contributed by atoms with E-state index >= 15 is 0 Å². The molecule has 0 aliphatic rings. The minimum Gasteiger partial charge on any atom is -0.441 e. The van der Waals surface area contributed by atoms with Gasteiger partial charge in [0, 0.05) is 17.8 Å². The summed E-state index contributed by atoms with van der Waals surface area (Å²) in [6.07, 6.45) is 5.24. The predicted octanol–water partition coefficient (Wildman–Crippen LogP) is 2.63. The van der Waals surface area contributed by atoms with Gasteiger partial charge in [0.05, 0.1) is 5.52 Å². The van der Waals surface area contributed by atoms with Gasteiger partial charge in [0.1, 0.15) is 11.2 Å². The van der Waals surface area contributed by atoms with Crippen molar-refractivity contribution >= 4 is 27.6 Å². The molecule has 4 nitrogen and oxygen atoms in total. The summed E-state index contributed by atoms with van der Waals surface area (Å²) in [5.74, 6) is 0. The van der Waals surface area contributed by atoms with Crippen molar-refractivity contribution in [2.24, 2.45) is 0 Å². The molecule has 76 valence electrons. The van der Waals surface area contributed by atoms with Crippen LogP contribution in [0.25, 0.3) is 27.6 Å². The third kappa shape index (κ3) is 0.798. The monoisotopic (exact) mass is 209 g/mol. The van der Waals surface area contributed by atoms with Crippen molar-refractivity contribution < 1.29 is 4.42 Å². The summed E-state index contributed by atoms with van der Waals surface area (Å²) in [4.78, 5) is 8.65. The summed E-state index contributed by atoms with van der Waals surface area (Å²) >= 11 is 0. The van der Waals surface area contributed by atoms with Gasteiger partial charge in [-0.25, -0.2) is 9.97 Å². The molecule has 0 N–H and O–H groups in total. The third-order valence-corrected chi connectivity index (χ3v) is 2.82. The molecule has 0 saturated heterocycles. The quantitative estimate of drug-likeness (QED) is 0.447. The van der Waals surface area contributed by atoms with Gasteiger partial charge in [-0.1, -0.05) is 0 Å². The van der Waals surface area contributed by atoms with Crippen molar-refractivity contribution in [1.82, 2.24) is 14.4 Å². The summed E-state index contributed by atoms with van der Waals surface area (Å²) in [7, 11) is 0. The Morgan fingerprint density at radius 1 is 1.12 bits per heavy atom. The van der Waals surface area contributed by atoms with Gasteiger partial charge < -0.3 is 4.42 Å². The van der Waals surface area contributed by atoms with Crippen molar-refractivity contribution in [2.75, 3.05) is 0 Å². The fourth-order valence-electron chi connectivity index (χ4n) is 2.14. The minimum atomic E-state index is 0.811. The molecule has 0 unspecified atom stereocenters. The molecule has 0 atom stereocenters. The Kier molecular flexibility index (Phi) is 1.28. The maximum Gasteiger partial charge on any atom is 0.182 e. The van der Waals surface area contributed by atoms with Crippen LogP contribution in [0.5, 0.6) is 0 Å². The number of rotatable bonds is 0. The number of oxazole rings is 1. The lowest BCUT2D eigenvalue weighted by atomic mass is 10.2. The Hall–Kier alpha value is -2.36. The zero-order valence-corrected chi connectivity index (χ0v) is 8.29. The van der Waals surface area contributed by atoms with Crippen LogP contribution in [-0.4, -0.2) is 14.4 Å². The van der Waals surface area contributed by atoms with Crippen LogP contribution in [-0.2, 0) is 0 Å². The highest BCUT2D eigenvalue weighted by Gasteiger charge is 2.11. The average Bonchev–Trinajstić information content (AvgIpc) is 2.98. The third-order valence-electron chi connectivity index (χ3n) is 2.82. The molecule has 0 radical (unpaired) electrons. The van der Waals surface area contributed by atoms with E-state index < -0.39 is 0 Å². The summed E-state index contributed by atoms with van der Waals surface area (Å²) in [5.41, 5.74) is 3.59. The Morgan fingerprint density at radius 2 is 2.12 bits per heavy atom. The maximum atomic E-state index is 5.44. The van der Waals surface area contributed by atoms with E-state index in [4.69, 9.17) is 4.42 Å². The lowest BCUT2D eigenvalue weighted by Gasteiger charge is -2.01. The summed E-state index contributed by atoms with van der Waals surface area (Å²) in [6, 6.07) is 7.89. The molecule has 0 amide bonds. The number of hydrogen-bond donors (Lipinski definition) is 0. The van der Waals surface area contributed by atoms with Gasteiger partial charge in [-0.05, 0) is 24.3 Å². The molecule has 0 aliphatic heterocycles. The van der Waals surface area contributed by atoms with Crippen molar-refractivity contribution in [3.63, 3.8) is 0 Å². The first-order chi connectivity index (χ1) is 7.95. The largest absolute Gasteiger partial charge is 0.441 e. The predicted molar refractivity (Wildman–Crippen MR) is 60.3 cm³/mol. The fraction of sp³-hybridized carbons (Fsp3) is 0. The standard InChI is InChI=1S/C12H7N3O/c1-3-8-10-11(16-7-14-10)9-4-2-6-15(9)12(8)13-5-1/h1-7H. The molecule has 4 heterocycles. The molecular weight excluding hydrogens is 202 g/mol. The van der Waals surface area contributed by atoms with Gasteiger partial charge in [-0.2, -0.15) is 0 Å². The lowest BCUT2D eigenvalue weighted by molar-refractivity contribution is 0.604. The maximum absolute atomic E-state index is 5.44. The van der Waals surface area contributed by atoms with Crippen molar-refractivity contribution in [2.45, 2.75) is 0 Å². The second-order valence-corrected chi connectivity index (χ2v) is 3.67. The van der Waals surface area contributed by atoms with E-state index in [1.165, 1.54) is 6.39 Å². The normalized spacial score (nSPS) is 11.8. The lowest BCUT2D eigenvalue weighted by Crippen LogP contribution is -1.90. The SMILES string of the molecule is c1cnc2c(c1)c1ncoc1c1cccn12. The topological polar surface area (TPSA) is 43.3 Å². The molecule has 4 heteroatoms. The van der Waals surface area contributed by atoms with E-state index in [-0.39, 0.29) is 0 Å². The number of hydrogen-bond acceptors (Lipinski definition) is 3. The van der Waals surface area contributed by atoms with Crippen LogP contribution in [0, 0.1) is 0 Å². The molecule has 0 fully saturated rings. The molecule has 4 aromatic heterocycles. The van der Waals surface area contributed by atoms with Gasteiger partial charge in [0.15, 0.2) is 12.0 Å². The van der Waals surface area contributed by atoms with E-state index in [0.717, 1.165) is 27.6 Å². The van der Waals surface area contributed by atoms with Crippen LogP contribution in [0.1, 0.15) is 0 Å². The average molecular weight is 209 g/mol. The van der Waals surface area contributed by atoms with E-state index in [0.29, 0.717) is 0 Å². The van der Waals surface area contributed by atoms with E-state index in [1.54, 1.807) is 6.20 Å². The minimum absolute atomic E-state index is 0.811. The molecule has 16 heavy (non-hydrogen) atoms. The molecule has 0 aromatic carbocycles. The molecular formula is C12H7N3O. The summed E-state index contributed by atoms with van der Waals surface area (Å²) in [6.45, 7) is 0. The van der Waals surface area contributed by atoms with Crippen molar-refractivity contribution in [1.29, 1.82) is 0 Å². The fourth-order valence-corrected chi connectivity index (χ4v) is 2.14. The first-order valence-corrected chi connectivity index (χ1v) is 5.02. The highest BCUT2D eigenvalue weighted by atomic mass is 16.3. The summed E-state index contributed by atoms with van der Waals surface area (Å²) < 4.78 is 7.45. The highest BCUT2D eigenvalue weighted by molar-refractivity contribution is 6.06. The van der Waals surface area contributed by atoms with Crippen LogP contribution in [0.4, 0.5) is 0 Å². The molecule has 0 aliphatic carbocycles. The van der Waals surface area contributed by atoms with E-state index in [2.05, 4.69) is 9.97 Å². The Labute approximate surface area is 90.1 Å². The van der Waals surface area contributed by atoms with E-state index in [1.807, 2.05) is 34.9 Å². The molecule has 0 spiro atoms. The molecule has 0 bridgehead atoms. The highest BCUT2D eigenvalue weighted by Crippen LogP contribution is 2.27. The van der Waals surface area contributed by atoms with Crippen molar-refractivity contribution in [3.05, 3.63) is 43.1 Å². The Balaban J connectivity index is 2.51. The van der Waals surface area contributed by atoms with Crippen LogP contribution in [0.2, 0.25) is 0 Å². The van der Waals surface area contributed by atoms with Crippen LogP contribution < -0.4 is 0 Å². The number of nitrogens with zero attached hydrogens (tertiary/aromatic N) is 3. The first-order valence-electron chi connectivity index (χ1n) is 5.02. The van der Waals surface area contributed by atoms with Gasteiger partial charge in [0.2, 0.25) is 0 Å². The van der Waals surface area contributed by atoms with Crippen LogP contribution in [0.3, 0.4) is 0 Å². The second kappa shape index (κ2) is 2.61. The summed E-state index contributed by atoms with van der Waals surface area (Å²) in [5, 5.41) is 1.01. The zero-order chi connectivity index (χ0) is 10.5. The van der Waals surface area contributed by atoms with Gasteiger partial charge >= 0.3 is 0 Å². The number of aromatic nitrogens is 3. The zero-order valence-electron chi connectivity index (χ0n) is 8.29. The van der Waals surface area contributed by atoms with E-state index in [9.17, 15) is 0 Å². The van der Waals surface area contributed by atoms with Gasteiger partial charge in [-0.3, -0.25) is 4.40 Å². The Bertz CT molecular complexity index is 744. The molecule has 0 saturated carbocycles. The Morgan fingerprint density at radius 3 is 3.12 bits per heavy atom. The first kappa shape index (κ1) is 7.87. The smallest absolute Gasteiger partial charge is 0.182 e. The van der Waals surface area contributed by atoms with Gasteiger partial charge in [-0.15, -0.1) is 0 Å². The number of fused-ring (bicyclic) bond motifs is 6. The number of pyridine rings is 2. The van der Waals surface area contributed by atoms with Crippen LogP contribution >= 0.6 is 0 Å². The van der Waals surface area contributed by atoms with Gasteiger partial charge in [0.25, 0.3) is 0 Å².